The largest absolute Gasteiger partial charge is 0.471 e. The average Bonchev–Trinajstić information content (AvgIpc) is 2.52. The van der Waals surface area contributed by atoms with E-state index in [1.165, 1.54) is 24.3 Å². The van der Waals surface area contributed by atoms with E-state index in [0.29, 0.717) is 37.4 Å². The fourth-order valence-corrected chi connectivity index (χ4v) is 2.00. The zero-order valence-corrected chi connectivity index (χ0v) is 11.7. The van der Waals surface area contributed by atoms with Crippen LogP contribution in [0.2, 0.25) is 0 Å². The van der Waals surface area contributed by atoms with Crippen LogP contribution in [0.3, 0.4) is 0 Å². The molecule has 1 heterocycles. The quantitative estimate of drug-likeness (QED) is 0.915. The van der Waals surface area contributed by atoms with Gasteiger partial charge >= 0.3 is 12.1 Å². The van der Waals surface area contributed by atoms with Crippen molar-refractivity contribution >= 4 is 11.8 Å². The summed E-state index contributed by atoms with van der Waals surface area (Å²) in [6.07, 6.45) is -4.90. The first-order valence-electron chi connectivity index (χ1n) is 6.69. The number of nitrogens with zero attached hydrogens (tertiary/aromatic N) is 1. The lowest BCUT2D eigenvalue weighted by Gasteiger charge is -2.26. The highest BCUT2D eigenvalue weighted by Crippen LogP contribution is 2.15. The maximum absolute atomic E-state index is 12.2. The fourth-order valence-electron chi connectivity index (χ4n) is 2.00. The number of ether oxygens (including phenoxy) is 1. The monoisotopic (exact) mass is 316 g/mol. The van der Waals surface area contributed by atoms with Gasteiger partial charge in [-0.05, 0) is 17.7 Å². The molecule has 0 atom stereocenters. The summed E-state index contributed by atoms with van der Waals surface area (Å²) in [4.78, 5) is 24.5. The Morgan fingerprint density at radius 3 is 2.27 bits per heavy atom. The third-order valence-corrected chi connectivity index (χ3v) is 3.21. The molecule has 0 spiro atoms. The minimum Gasteiger partial charge on any atom is -0.378 e. The molecule has 1 aromatic carbocycles. The van der Waals surface area contributed by atoms with Crippen LogP contribution in [0, 0.1) is 0 Å². The molecule has 0 radical (unpaired) electrons. The van der Waals surface area contributed by atoms with Crippen LogP contribution in [-0.2, 0) is 16.1 Å². The van der Waals surface area contributed by atoms with Crippen LogP contribution in [0.25, 0.3) is 0 Å². The zero-order chi connectivity index (χ0) is 16.2. The summed E-state index contributed by atoms with van der Waals surface area (Å²) in [6.45, 7) is 1.77. The Balaban J connectivity index is 1.92. The van der Waals surface area contributed by atoms with Crippen LogP contribution in [0.5, 0.6) is 0 Å². The van der Waals surface area contributed by atoms with Gasteiger partial charge in [-0.2, -0.15) is 13.2 Å². The number of halogens is 3. The number of benzene rings is 1. The molecule has 1 aromatic rings. The zero-order valence-electron chi connectivity index (χ0n) is 11.7. The van der Waals surface area contributed by atoms with Crippen LogP contribution in [0.4, 0.5) is 13.2 Å². The van der Waals surface area contributed by atoms with Gasteiger partial charge in [0.1, 0.15) is 0 Å². The molecule has 1 saturated heterocycles. The fraction of sp³-hybridized carbons (Fsp3) is 0.429. The SMILES string of the molecule is O=C(c1ccc(CNC(=O)C(F)(F)F)cc1)N1CCOCC1. The number of alkyl halides is 3. The highest BCUT2D eigenvalue weighted by atomic mass is 19.4. The molecule has 1 fully saturated rings. The summed E-state index contributed by atoms with van der Waals surface area (Å²) < 4.78 is 41.3. The lowest BCUT2D eigenvalue weighted by Crippen LogP contribution is -2.40. The van der Waals surface area contributed by atoms with Crippen molar-refractivity contribution in [3.05, 3.63) is 35.4 Å². The van der Waals surface area contributed by atoms with Crippen molar-refractivity contribution in [2.45, 2.75) is 12.7 Å². The molecule has 2 rings (SSSR count). The van der Waals surface area contributed by atoms with Gasteiger partial charge in [-0.25, -0.2) is 0 Å². The van der Waals surface area contributed by atoms with Gasteiger partial charge in [0.2, 0.25) is 0 Å². The highest BCUT2D eigenvalue weighted by Gasteiger charge is 2.38. The van der Waals surface area contributed by atoms with Crippen molar-refractivity contribution in [3.63, 3.8) is 0 Å². The number of carbonyl (C=O) groups excluding carboxylic acids is 2. The van der Waals surface area contributed by atoms with Crippen molar-refractivity contribution in [1.82, 2.24) is 10.2 Å². The van der Waals surface area contributed by atoms with E-state index in [2.05, 4.69) is 0 Å². The maximum atomic E-state index is 12.2. The van der Waals surface area contributed by atoms with Gasteiger partial charge in [0.25, 0.3) is 5.91 Å². The Morgan fingerprint density at radius 1 is 1.14 bits per heavy atom. The van der Waals surface area contributed by atoms with E-state index in [1.54, 1.807) is 10.2 Å². The van der Waals surface area contributed by atoms with Crippen molar-refractivity contribution < 1.29 is 27.5 Å². The smallest absolute Gasteiger partial charge is 0.378 e. The van der Waals surface area contributed by atoms with Crippen molar-refractivity contribution in [2.24, 2.45) is 0 Å². The van der Waals surface area contributed by atoms with E-state index in [9.17, 15) is 22.8 Å². The molecule has 8 heteroatoms. The summed E-state index contributed by atoms with van der Waals surface area (Å²) >= 11 is 0. The first-order valence-corrected chi connectivity index (χ1v) is 6.69. The predicted octanol–water partition coefficient (Wildman–Crippen LogP) is 1.34. The Kier molecular flexibility index (Phi) is 5.02. The van der Waals surface area contributed by atoms with Gasteiger partial charge < -0.3 is 15.0 Å². The Morgan fingerprint density at radius 2 is 1.73 bits per heavy atom. The Bertz CT molecular complexity index is 537. The number of hydrogen-bond donors (Lipinski definition) is 1. The lowest BCUT2D eigenvalue weighted by atomic mass is 10.1. The molecule has 5 nitrogen and oxygen atoms in total. The minimum atomic E-state index is -4.90. The molecular weight excluding hydrogens is 301 g/mol. The van der Waals surface area contributed by atoms with Gasteiger partial charge in [-0.3, -0.25) is 9.59 Å². The number of rotatable bonds is 3. The summed E-state index contributed by atoms with van der Waals surface area (Å²) in [5, 5.41) is 1.78. The normalized spacial score (nSPS) is 15.5. The van der Waals surface area contributed by atoms with Crippen LogP contribution in [0.15, 0.2) is 24.3 Å². The van der Waals surface area contributed by atoms with E-state index in [4.69, 9.17) is 4.74 Å². The Labute approximate surface area is 125 Å². The summed E-state index contributed by atoms with van der Waals surface area (Å²) in [5.41, 5.74) is 0.934. The van der Waals surface area contributed by atoms with E-state index in [1.807, 2.05) is 0 Å². The molecule has 0 bridgehead atoms. The number of nitrogens with one attached hydrogen (secondary N) is 1. The minimum absolute atomic E-state index is 0.144. The van der Waals surface area contributed by atoms with Gasteiger partial charge in [0.05, 0.1) is 13.2 Å². The molecule has 1 aliphatic heterocycles. The van der Waals surface area contributed by atoms with Crippen molar-refractivity contribution in [3.8, 4) is 0 Å². The van der Waals surface area contributed by atoms with Crippen molar-refractivity contribution in [1.29, 1.82) is 0 Å². The van der Waals surface area contributed by atoms with E-state index < -0.39 is 12.1 Å². The molecule has 2 amide bonds. The van der Waals surface area contributed by atoms with Crippen LogP contribution < -0.4 is 5.32 Å². The Hall–Kier alpha value is -2.09. The highest BCUT2D eigenvalue weighted by molar-refractivity contribution is 5.94. The van der Waals surface area contributed by atoms with Crippen LogP contribution >= 0.6 is 0 Å². The molecular formula is C14H15F3N2O3. The predicted molar refractivity (Wildman–Crippen MR) is 71.1 cm³/mol. The molecule has 1 N–H and O–H groups in total. The molecule has 120 valence electrons. The molecule has 1 aliphatic rings. The number of amides is 2. The second-order valence-corrected chi connectivity index (χ2v) is 4.78. The molecule has 0 aliphatic carbocycles. The first-order chi connectivity index (χ1) is 10.4. The third kappa shape index (κ3) is 4.20. The van der Waals surface area contributed by atoms with Gasteiger partial charge in [-0.1, -0.05) is 12.1 Å². The van der Waals surface area contributed by atoms with Gasteiger partial charge in [0, 0.05) is 25.2 Å². The molecule has 0 unspecified atom stereocenters. The number of morpholine rings is 1. The van der Waals surface area contributed by atoms with E-state index >= 15 is 0 Å². The topological polar surface area (TPSA) is 58.6 Å². The van der Waals surface area contributed by atoms with Crippen LogP contribution in [-0.4, -0.2) is 49.2 Å². The summed E-state index contributed by atoms with van der Waals surface area (Å²) in [6, 6.07) is 6.11. The van der Waals surface area contributed by atoms with Gasteiger partial charge in [-0.15, -0.1) is 0 Å². The van der Waals surface area contributed by atoms with E-state index in [-0.39, 0.29) is 12.5 Å². The summed E-state index contributed by atoms with van der Waals surface area (Å²) in [5.74, 6) is -2.13. The average molecular weight is 316 g/mol. The maximum Gasteiger partial charge on any atom is 0.471 e. The first kappa shape index (κ1) is 16.3. The molecule has 0 saturated carbocycles. The number of hydrogen-bond acceptors (Lipinski definition) is 3. The van der Waals surface area contributed by atoms with E-state index in [0.717, 1.165) is 0 Å². The summed E-state index contributed by atoms with van der Waals surface area (Å²) in [7, 11) is 0. The molecule has 0 aromatic heterocycles. The van der Waals surface area contributed by atoms with Crippen LogP contribution in [0.1, 0.15) is 15.9 Å². The van der Waals surface area contributed by atoms with Crippen molar-refractivity contribution in [2.75, 3.05) is 26.3 Å². The standard InChI is InChI=1S/C14H15F3N2O3/c15-14(16,17)13(21)18-9-10-1-3-11(4-2-10)12(20)19-5-7-22-8-6-19/h1-4H,5-9H2,(H,18,21). The second-order valence-electron chi connectivity index (χ2n) is 4.78. The number of carbonyl (C=O) groups is 2. The lowest BCUT2D eigenvalue weighted by molar-refractivity contribution is -0.173. The third-order valence-electron chi connectivity index (χ3n) is 3.21. The molecule has 22 heavy (non-hydrogen) atoms. The second kappa shape index (κ2) is 6.78. The van der Waals surface area contributed by atoms with Gasteiger partial charge in [0.15, 0.2) is 0 Å².